The van der Waals surface area contributed by atoms with E-state index in [0.717, 1.165) is 16.9 Å². The van der Waals surface area contributed by atoms with Crippen molar-refractivity contribution in [2.45, 2.75) is 46.0 Å². The molecular formula is C27H34O7. The van der Waals surface area contributed by atoms with Crippen LogP contribution in [0.25, 0.3) is 12.2 Å². The topological polar surface area (TPSA) is 102 Å². The number of carboxylic acids is 2. The van der Waals surface area contributed by atoms with Crippen molar-refractivity contribution in [2.24, 2.45) is 5.41 Å². The largest absolute Gasteiger partial charge is 0.497 e. The summed E-state index contributed by atoms with van der Waals surface area (Å²) in [7, 11) is 1.60. The fraction of sp³-hybridized carbons (Fsp3) is 0.407. The highest BCUT2D eigenvalue weighted by atomic mass is 16.5. The maximum atomic E-state index is 11.2. The van der Waals surface area contributed by atoms with Crippen LogP contribution in [0.4, 0.5) is 0 Å². The first-order chi connectivity index (χ1) is 16.2. The highest BCUT2D eigenvalue weighted by molar-refractivity contribution is 5.73. The SMILES string of the molecule is COc1cc(/C=C/c2ccc(OCCCCC(=O)O)cc2)cc(OCCCC(C)(C)C(=O)O)c1. The number of hydrogen-bond donors (Lipinski definition) is 2. The van der Waals surface area contributed by atoms with Crippen LogP contribution in [0.15, 0.2) is 42.5 Å². The van der Waals surface area contributed by atoms with E-state index in [2.05, 4.69) is 0 Å². The van der Waals surface area contributed by atoms with Crippen LogP contribution in [-0.2, 0) is 9.59 Å². The molecule has 0 unspecified atom stereocenters. The summed E-state index contributed by atoms with van der Waals surface area (Å²) in [5, 5.41) is 17.9. The summed E-state index contributed by atoms with van der Waals surface area (Å²) in [4.78, 5) is 21.7. The Hall–Kier alpha value is -3.48. The van der Waals surface area contributed by atoms with Crippen molar-refractivity contribution in [3.05, 3.63) is 53.6 Å². The molecule has 0 radical (unpaired) electrons. The maximum Gasteiger partial charge on any atom is 0.309 e. The van der Waals surface area contributed by atoms with Crippen LogP contribution in [0.5, 0.6) is 17.2 Å². The van der Waals surface area contributed by atoms with Crippen LogP contribution in [-0.4, -0.2) is 42.5 Å². The van der Waals surface area contributed by atoms with Gasteiger partial charge in [-0.2, -0.15) is 0 Å². The molecule has 0 aliphatic carbocycles. The molecular weight excluding hydrogens is 436 g/mol. The van der Waals surface area contributed by atoms with Gasteiger partial charge in [0.15, 0.2) is 0 Å². The van der Waals surface area contributed by atoms with Gasteiger partial charge in [0.1, 0.15) is 17.2 Å². The molecule has 0 aliphatic heterocycles. The molecule has 2 rings (SSSR count). The normalized spacial score (nSPS) is 11.4. The molecule has 0 spiro atoms. The Labute approximate surface area is 201 Å². The van der Waals surface area contributed by atoms with E-state index < -0.39 is 17.4 Å². The molecule has 0 atom stereocenters. The molecule has 0 fully saturated rings. The smallest absolute Gasteiger partial charge is 0.309 e. The van der Waals surface area contributed by atoms with Gasteiger partial charge in [-0.1, -0.05) is 24.3 Å². The van der Waals surface area contributed by atoms with Crippen LogP contribution < -0.4 is 14.2 Å². The van der Waals surface area contributed by atoms with E-state index >= 15 is 0 Å². The second kappa shape index (κ2) is 13.3. The number of benzene rings is 2. The Balaban J connectivity index is 1.90. The van der Waals surface area contributed by atoms with Gasteiger partial charge in [0.25, 0.3) is 0 Å². The summed E-state index contributed by atoms with van der Waals surface area (Å²) in [6, 6.07) is 13.3. The van der Waals surface area contributed by atoms with E-state index in [0.29, 0.717) is 50.4 Å². The minimum Gasteiger partial charge on any atom is -0.497 e. The number of rotatable bonds is 15. The Kier molecular flexibility index (Phi) is 10.5. The molecule has 0 amide bonds. The first kappa shape index (κ1) is 26.8. The lowest BCUT2D eigenvalue weighted by molar-refractivity contribution is -0.147. The third-order valence-corrected chi connectivity index (χ3v) is 5.33. The maximum absolute atomic E-state index is 11.2. The Morgan fingerprint density at radius 2 is 1.44 bits per heavy atom. The summed E-state index contributed by atoms with van der Waals surface area (Å²) >= 11 is 0. The zero-order chi connectivity index (χ0) is 25.0. The van der Waals surface area contributed by atoms with Crippen LogP contribution in [0, 0.1) is 5.41 Å². The van der Waals surface area contributed by atoms with Crippen molar-refractivity contribution in [1.82, 2.24) is 0 Å². The van der Waals surface area contributed by atoms with E-state index in [1.807, 2.05) is 54.6 Å². The summed E-state index contributed by atoms with van der Waals surface area (Å²) in [5.74, 6) is 0.492. The van der Waals surface area contributed by atoms with Gasteiger partial charge in [-0.15, -0.1) is 0 Å². The lowest BCUT2D eigenvalue weighted by Crippen LogP contribution is -2.24. The Morgan fingerprint density at radius 1 is 0.824 bits per heavy atom. The van der Waals surface area contributed by atoms with Crippen molar-refractivity contribution in [3.8, 4) is 17.2 Å². The zero-order valence-electron chi connectivity index (χ0n) is 20.1. The molecule has 0 saturated carbocycles. The van der Waals surface area contributed by atoms with Gasteiger partial charge in [0.2, 0.25) is 0 Å². The first-order valence-corrected chi connectivity index (χ1v) is 11.4. The van der Waals surface area contributed by atoms with E-state index in [9.17, 15) is 14.7 Å². The van der Waals surface area contributed by atoms with E-state index in [4.69, 9.17) is 19.3 Å². The molecule has 2 N–H and O–H groups in total. The number of carboxylic acid groups (broad SMARTS) is 2. The molecule has 0 bridgehead atoms. The minimum atomic E-state index is -0.809. The highest BCUT2D eigenvalue weighted by Gasteiger charge is 2.26. The fourth-order valence-corrected chi connectivity index (χ4v) is 3.14. The van der Waals surface area contributed by atoms with Crippen molar-refractivity contribution < 1.29 is 34.0 Å². The molecule has 2 aromatic rings. The lowest BCUT2D eigenvalue weighted by atomic mass is 9.88. The number of hydrogen-bond acceptors (Lipinski definition) is 5. The molecule has 0 heterocycles. The number of ether oxygens (including phenoxy) is 3. The standard InChI is InChI=1S/C27H34O7/c1-27(2,26(30)31)14-6-16-34-24-18-21(17-23(19-24)32-3)9-8-20-10-12-22(13-11-20)33-15-5-4-7-25(28)29/h8-13,17-19H,4-7,14-16H2,1-3H3,(H,28,29)(H,30,31)/b9-8+. The van der Waals surface area contributed by atoms with Gasteiger partial charge in [-0.3, -0.25) is 9.59 Å². The molecule has 0 aliphatic rings. The summed E-state index contributed by atoms with van der Waals surface area (Å²) in [5.41, 5.74) is 1.14. The van der Waals surface area contributed by atoms with Gasteiger partial charge >= 0.3 is 11.9 Å². The van der Waals surface area contributed by atoms with Crippen LogP contribution in [0.1, 0.15) is 57.1 Å². The molecule has 34 heavy (non-hydrogen) atoms. The predicted octanol–water partition coefficient (Wildman–Crippen LogP) is 5.77. The van der Waals surface area contributed by atoms with Gasteiger partial charge in [0.05, 0.1) is 25.7 Å². The molecule has 0 saturated heterocycles. The second-order valence-corrected chi connectivity index (χ2v) is 8.68. The quantitative estimate of drug-likeness (QED) is 0.252. The van der Waals surface area contributed by atoms with E-state index in [1.165, 1.54) is 0 Å². The second-order valence-electron chi connectivity index (χ2n) is 8.68. The molecule has 2 aromatic carbocycles. The number of methoxy groups -OCH3 is 1. The first-order valence-electron chi connectivity index (χ1n) is 11.4. The zero-order valence-corrected chi connectivity index (χ0v) is 20.1. The van der Waals surface area contributed by atoms with Crippen LogP contribution in [0.3, 0.4) is 0 Å². The molecule has 184 valence electrons. The van der Waals surface area contributed by atoms with E-state index in [-0.39, 0.29) is 6.42 Å². The highest BCUT2D eigenvalue weighted by Crippen LogP contribution is 2.26. The number of carbonyl (C=O) groups is 2. The Morgan fingerprint density at radius 3 is 2.09 bits per heavy atom. The summed E-state index contributed by atoms with van der Waals surface area (Å²) in [6.45, 7) is 4.34. The van der Waals surface area contributed by atoms with Crippen molar-refractivity contribution in [3.63, 3.8) is 0 Å². The Bertz CT molecular complexity index is 961. The van der Waals surface area contributed by atoms with Crippen LogP contribution in [0.2, 0.25) is 0 Å². The van der Waals surface area contributed by atoms with Gasteiger partial charge < -0.3 is 24.4 Å². The third-order valence-electron chi connectivity index (χ3n) is 5.33. The molecule has 7 heteroatoms. The van der Waals surface area contributed by atoms with Crippen molar-refractivity contribution in [1.29, 1.82) is 0 Å². The average molecular weight is 471 g/mol. The number of unbranched alkanes of at least 4 members (excludes halogenated alkanes) is 1. The predicted molar refractivity (Wildman–Crippen MR) is 131 cm³/mol. The lowest BCUT2D eigenvalue weighted by Gasteiger charge is -2.18. The van der Waals surface area contributed by atoms with Crippen LogP contribution >= 0.6 is 0 Å². The molecule has 0 aromatic heterocycles. The van der Waals surface area contributed by atoms with E-state index in [1.54, 1.807) is 21.0 Å². The van der Waals surface area contributed by atoms with Gasteiger partial charge in [-0.05, 0) is 74.9 Å². The van der Waals surface area contributed by atoms with Gasteiger partial charge in [-0.25, -0.2) is 0 Å². The average Bonchev–Trinajstić information content (AvgIpc) is 2.80. The minimum absolute atomic E-state index is 0.160. The third kappa shape index (κ3) is 9.57. The monoisotopic (exact) mass is 470 g/mol. The fourth-order valence-electron chi connectivity index (χ4n) is 3.14. The van der Waals surface area contributed by atoms with Gasteiger partial charge in [0, 0.05) is 12.5 Å². The summed E-state index contributed by atoms with van der Waals surface area (Å²) < 4.78 is 16.9. The summed E-state index contributed by atoms with van der Waals surface area (Å²) in [6.07, 6.45) is 6.56. The number of aliphatic carboxylic acids is 2. The molecule has 7 nitrogen and oxygen atoms in total. The van der Waals surface area contributed by atoms with Crippen molar-refractivity contribution in [2.75, 3.05) is 20.3 Å². The van der Waals surface area contributed by atoms with Crippen molar-refractivity contribution >= 4 is 24.1 Å².